The maximum atomic E-state index is 11.0. The lowest BCUT2D eigenvalue weighted by atomic mass is 10.1. The number of Topliss-reactive ketones (excluding diaryl/α,β-unsaturated/α-hetero) is 1. The maximum absolute atomic E-state index is 11.0. The van der Waals surface area contributed by atoms with Gasteiger partial charge in [-0.3, -0.25) is 9.69 Å². The summed E-state index contributed by atoms with van der Waals surface area (Å²) in [6.07, 6.45) is 0.862. The number of hydrogen-bond acceptors (Lipinski definition) is 4. The van der Waals surface area contributed by atoms with Crippen LogP contribution < -0.4 is 0 Å². The molecule has 0 saturated carbocycles. The molecule has 1 aliphatic heterocycles. The van der Waals surface area contributed by atoms with Gasteiger partial charge in [0.05, 0.1) is 12.2 Å². The number of ketones is 1. The van der Waals surface area contributed by atoms with Crippen LogP contribution in [0.1, 0.15) is 20.3 Å². The molecule has 1 fully saturated rings. The average Bonchev–Trinajstić information content (AvgIpc) is 2.59. The molecule has 0 spiro atoms. The normalized spacial score (nSPS) is 29.3. The first-order valence-electron chi connectivity index (χ1n) is 5.37. The molecule has 88 valence electrons. The molecular formula is C11H21NO3. The largest absolute Gasteiger partial charge is 0.377 e. The Morgan fingerprint density at radius 3 is 2.13 bits per heavy atom. The summed E-state index contributed by atoms with van der Waals surface area (Å²) in [5, 5.41) is 0. The zero-order chi connectivity index (χ0) is 11.4. The molecule has 15 heavy (non-hydrogen) atoms. The Kier molecular flexibility index (Phi) is 4.70. The summed E-state index contributed by atoms with van der Waals surface area (Å²) in [6.45, 7) is 5.41. The SMILES string of the molecule is COC1CN(C(C)CC(C)=O)CC1OC. The van der Waals surface area contributed by atoms with Crippen molar-refractivity contribution in [1.29, 1.82) is 0 Å². The zero-order valence-electron chi connectivity index (χ0n) is 10.0. The van der Waals surface area contributed by atoms with Gasteiger partial charge in [0.15, 0.2) is 0 Å². The maximum Gasteiger partial charge on any atom is 0.131 e. The Hall–Kier alpha value is -0.450. The summed E-state index contributed by atoms with van der Waals surface area (Å²) >= 11 is 0. The van der Waals surface area contributed by atoms with Crippen molar-refractivity contribution in [1.82, 2.24) is 4.90 Å². The fourth-order valence-corrected chi connectivity index (χ4v) is 2.13. The molecule has 4 nitrogen and oxygen atoms in total. The third-order valence-electron chi connectivity index (χ3n) is 3.06. The Morgan fingerprint density at radius 1 is 1.33 bits per heavy atom. The second-order valence-electron chi connectivity index (χ2n) is 4.26. The van der Waals surface area contributed by atoms with Gasteiger partial charge in [0.2, 0.25) is 0 Å². The van der Waals surface area contributed by atoms with Crippen LogP contribution in [-0.4, -0.2) is 56.2 Å². The van der Waals surface area contributed by atoms with Crippen LogP contribution in [0.3, 0.4) is 0 Å². The molecular weight excluding hydrogens is 194 g/mol. The molecule has 4 heteroatoms. The zero-order valence-corrected chi connectivity index (χ0v) is 10.0. The minimum atomic E-state index is 0.129. The monoisotopic (exact) mass is 215 g/mol. The highest BCUT2D eigenvalue weighted by atomic mass is 16.5. The molecule has 0 radical (unpaired) electrons. The van der Waals surface area contributed by atoms with E-state index in [2.05, 4.69) is 11.8 Å². The average molecular weight is 215 g/mol. The highest BCUT2D eigenvalue weighted by Gasteiger charge is 2.35. The Morgan fingerprint density at radius 2 is 1.80 bits per heavy atom. The van der Waals surface area contributed by atoms with E-state index < -0.39 is 0 Å². The summed E-state index contributed by atoms with van der Waals surface area (Å²) in [5.74, 6) is 0.234. The number of likely N-dealkylation sites (tertiary alicyclic amines) is 1. The highest BCUT2D eigenvalue weighted by Crippen LogP contribution is 2.19. The van der Waals surface area contributed by atoms with Crippen LogP contribution in [-0.2, 0) is 14.3 Å². The van der Waals surface area contributed by atoms with Gasteiger partial charge in [0, 0.05) is 39.8 Å². The van der Waals surface area contributed by atoms with Crippen LogP contribution >= 0.6 is 0 Å². The third-order valence-corrected chi connectivity index (χ3v) is 3.06. The quantitative estimate of drug-likeness (QED) is 0.676. The molecule has 1 heterocycles. The summed E-state index contributed by atoms with van der Waals surface area (Å²) in [5.41, 5.74) is 0. The fourth-order valence-electron chi connectivity index (χ4n) is 2.13. The first kappa shape index (κ1) is 12.6. The molecule has 3 unspecified atom stereocenters. The lowest BCUT2D eigenvalue weighted by molar-refractivity contribution is -0.118. The van der Waals surface area contributed by atoms with Crippen LogP contribution in [0, 0.1) is 0 Å². The number of rotatable bonds is 5. The molecule has 0 N–H and O–H groups in total. The molecule has 0 aromatic heterocycles. The highest BCUT2D eigenvalue weighted by molar-refractivity contribution is 5.76. The first-order valence-corrected chi connectivity index (χ1v) is 5.37. The van der Waals surface area contributed by atoms with Gasteiger partial charge in [-0.2, -0.15) is 0 Å². The van der Waals surface area contributed by atoms with Crippen molar-refractivity contribution in [2.45, 2.75) is 38.5 Å². The number of hydrogen-bond donors (Lipinski definition) is 0. The van der Waals surface area contributed by atoms with E-state index >= 15 is 0 Å². The lowest BCUT2D eigenvalue weighted by Crippen LogP contribution is -2.33. The van der Waals surface area contributed by atoms with E-state index in [4.69, 9.17) is 9.47 Å². The minimum Gasteiger partial charge on any atom is -0.377 e. The van der Waals surface area contributed by atoms with Crippen molar-refractivity contribution in [3.8, 4) is 0 Å². The van der Waals surface area contributed by atoms with E-state index in [9.17, 15) is 4.79 Å². The van der Waals surface area contributed by atoms with Crippen molar-refractivity contribution < 1.29 is 14.3 Å². The topological polar surface area (TPSA) is 38.8 Å². The van der Waals surface area contributed by atoms with Crippen LogP contribution in [0.5, 0.6) is 0 Å². The van der Waals surface area contributed by atoms with Crippen LogP contribution in [0.25, 0.3) is 0 Å². The van der Waals surface area contributed by atoms with E-state index in [1.807, 2.05) is 0 Å². The standard InChI is InChI=1S/C11H21NO3/c1-8(5-9(2)13)12-6-10(14-3)11(7-12)15-4/h8,10-11H,5-7H2,1-4H3. The summed E-state index contributed by atoms with van der Waals surface area (Å²) in [6, 6.07) is 0.278. The van der Waals surface area contributed by atoms with Crippen molar-refractivity contribution in [3.63, 3.8) is 0 Å². The van der Waals surface area contributed by atoms with Crippen molar-refractivity contribution in [3.05, 3.63) is 0 Å². The van der Waals surface area contributed by atoms with E-state index in [1.54, 1.807) is 21.1 Å². The van der Waals surface area contributed by atoms with Gasteiger partial charge in [0.25, 0.3) is 0 Å². The number of carbonyl (C=O) groups is 1. The summed E-state index contributed by atoms with van der Waals surface area (Å²) in [4.78, 5) is 13.3. The van der Waals surface area contributed by atoms with Crippen molar-refractivity contribution in [2.24, 2.45) is 0 Å². The molecule has 0 aromatic carbocycles. The van der Waals surface area contributed by atoms with E-state index in [0.29, 0.717) is 6.42 Å². The van der Waals surface area contributed by atoms with Gasteiger partial charge in [-0.25, -0.2) is 0 Å². The molecule has 1 aliphatic rings. The van der Waals surface area contributed by atoms with E-state index in [1.165, 1.54) is 0 Å². The predicted molar refractivity (Wildman–Crippen MR) is 57.9 cm³/mol. The van der Waals surface area contributed by atoms with Crippen molar-refractivity contribution >= 4 is 5.78 Å². The number of nitrogens with zero attached hydrogens (tertiary/aromatic N) is 1. The second-order valence-corrected chi connectivity index (χ2v) is 4.26. The van der Waals surface area contributed by atoms with Crippen LogP contribution in [0.2, 0.25) is 0 Å². The van der Waals surface area contributed by atoms with Gasteiger partial charge in [-0.1, -0.05) is 0 Å². The Bertz CT molecular complexity index is 208. The van der Waals surface area contributed by atoms with E-state index in [-0.39, 0.29) is 24.0 Å². The fraction of sp³-hybridized carbons (Fsp3) is 0.909. The Balaban J connectivity index is 2.48. The van der Waals surface area contributed by atoms with Crippen LogP contribution in [0.15, 0.2) is 0 Å². The van der Waals surface area contributed by atoms with Crippen LogP contribution in [0.4, 0.5) is 0 Å². The van der Waals surface area contributed by atoms with Gasteiger partial charge >= 0.3 is 0 Å². The lowest BCUT2D eigenvalue weighted by Gasteiger charge is -2.22. The molecule has 1 saturated heterocycles. The smallest absolute Gasteiger partial charge is 0.131 e. The second kappa shape index (κ2) is 5.58. The molecule has 0 bridgehead atoms. The van der Waals surface area contributed by atoms with Gasteiger partial charge in [-0.05, 0) is 13.8 Å². The summed E-state index contributed by atoms with van der Waals surface area (Å²) < 4.78 is 10.7. The number of methoxy groups -OCH3 is 2. The molecule has 3 atom stereocenters. The molecule has 0 aromatic rings. The number of ether oxygens (including phenoxy) is 2. The minimum absolute atomic E-state index is 0.129. The third kappa shape index (κ3) is 3.26. The summed E-state index contributed by atoms with van der Waals surface area (Å²) in [7, 11) is 3.41. The Labute approximate surface area is 91.5 Å². The number of carbonyl (C=O) groups excluding carboxylic acids is 1. The van der Waals surface area contributed by atoms with Crippen molar-refractivity contribution in [2.75, 3.05) is 27.3 Å². The molecule has 1 rings (SSSR count). The predicted octanol–water partition coefficient (Wildman–Crippen LogP) is 0.700. The van der Waals surface area contributed by atoms with Gasteiger partial charge in [0.1, 0.15) is 5.78 Å². The van der Waals surface area contributed by atoms with Gasteiger partial charge < -0.3 is 9.47 Å². The first-order chi connectivity index (χ1) is 7.08. The molecule has 0 amide bonds. The van der Waals surface area contributed by atoms with Gasteiger partial charge in [-0.15, -0.1) is 0 Å². The molecule has 0 aliphatic carbocycles. The van der Waals surface area contributed by atoms with E-state index in [0.717, 1.165) is 13.1 Å².